The Morgan fingerprint density at radius 1 is 0.852 bits per heavy atom. The molecule has 140 valence electrons. The first-order valence-electron chi connectivity index (χ1n) is 8.40. The third kappa shape index (κ3) is 3.95. The van der Waals surface area contributed by atoms with Crippen molar-refractivity contribution >= 4 is 11.4 Å². The van der Waals surface area contributed by atoms with Crippen molar-refractivity contribution in [2.24, 2.45) is 0 Å². The lowest BCUT2D eigenvalue weighted by atomic mass is 10.0. The van der Waals surface area contributed by atoms with E-state index in [4.69, 9.17) is 14.2 Å². The normalized spacial score (nSPS) is 22.7. The summed E-state index contributed by atoms with van der Waals surface area (Å²) in [5.74, 6) is 0. The number of hydrogen-bond donors (Lipinski definition) is 0. The molecule has 4 atom stereocenters. The van der Waals surface area contributed by atoms with E-state index >= 15 is 0 Å². The van der Waals surface area contributed by atoms with Gasteiger partial charge >= 0.3 is 0 Å². The number of hydrogen-bond acceptors (Lipinski definition) is 7. The van der Waals surface area contributed by atoms with Crippen LogP contribution in [0.4, 0.5) is 11.4 Å². The standard InChI is InChI=1S/C18H16N2O7/c21-19(22)13-5-1-3-11(7-13)17(15-9-25-15)27-18(16-10-26-16)12-4-2-6-14(8-12)20(23)24/h1-8,15-18H,9-10H2. The molecule has 4 unspecified atom stereocenters. The lowest BCUT2D eigenvalue weighted by molar-refractivity contribution is -0.385. The Morgan fingerprint density at radius 3 is 1.59 bits per heavy atom. The van der Waals surface area contributed by atoms with Gasteiger partial charge in [-0.05, 0) is 11.1 Å². The third-order valence-corrected chi connectivity index (χ3v) is 4.51. The molecule has 0 N–H and O–H groups in total. The molecule has 0 aromatic heterocycles. The van der Waals surface area contributed by atoms with E-state index in [1.165, 1.54) is 24.3 Å². The molecule has 2 aliphatic rings. The van der Waals surface area contributed by atoms with Crippen molar-refractivity contribution in [2.45, 2.75) is 24.4 Å². The first kappa shape index (κ1) is 17.5. The van der Waals surface area contributed by atoms with Gasteiger partial charge in [-0.3, -0.25) is 20.2 Å². The molecule has 4 rings (SSSR count). The van der Waals surface area contributed by atoms with Crippen molar-refractivity contribution in [3.63, 3.8) is 0 Å². The van der Waals surface area contributed by atoms with E-state index in [9.17, 15) is 20.2 Å². The van der Waals surface area contributed by atoms with Crippen LogP contribution in [0, 0.1) is 20.2 Å². The zero-order chi connectivity index (χ0) is 19.0. The van der Waals surface area contributed by atoms with Crippen molar-refractivity contribution in [3.05, 3.63) is 79.9 Å². The second-order valence-electron chi connectivity index (χ2n) is 6.43. The summed E-state index contributed by atoms with van der Waals surface area (Å²) in [7, 11) is 0. The van der Waals surface area contributed by atoms with E-state index < -0.39 is 22.1 Å². The van der Waals surface area contributed by atoms with Gasteiger partial charge in [-0.2, -0.15) is 0 Å². The van der Waals surface area contributed by atoms with Gasteiger partial charge in [0.2, 0.25) is 0 Å². The Balaban J connectivity index is 1.63. The fourth-order valence-electron chi connectivity index (χ4n) is 3.01. The number of non-ortho nitro benzene ring substituents is 2. The molecule has 2 saturated heterocycles. The number of nitro benzene ring substituents is 2. The Labute approximate surface area is 153 Å². The van der Waals surface area contributed by atoms with E-state index in [1.807, 2.05) is 0 Å². The molecule has 27 heavy (non-hydrogen) atoms. The Bertz CT molecular complexity index is 808. The Morgan fingerprint density at radius 2 is 1.26 bits per heavy atom. The van der Waals surface area contributed by atoms with Gasteiger partial charge in [0.15, 0.2) is 0 Å². The van der Waals surface area contributed by atoms with Gasteiger partial charge in [0.05, 0.1) is 23.1 Å². The highest BCUT2D eigenvalue weighted by Crippen LogP contribution is 2.41. The quantitative estimate of drug-likeness (QED) is 0.396. The van der Waals surface area contributed by atoms with Crippen LogP contribution in [-0.2, 0) is 14.2 Å². The Kier molecular flexibility index (Phi) is 4.56. The minimum absolute atomic E-state index is 0.0312. The molecule has 2 fully saturated rings. The van der Waals surface area contributed by atoms with E-state index in [0.717, 1.165) is 0 Å². The van der Waals surface area contributed by atoms with Gasteiger partial charge in [0.1, 0.15) is 24.4 Å². The van der Waals surface area contributed by atoms with E-state index in [2.05, 4.69) is 0 Å². The molecule has 0 spiro atoms. The van der Waals surface area contributed by atoms with Crippen molar-refractivity contribution in [1.29, 1.82) is 0 Å². The Hall–Kier alpha value is -2.88. The van der Waals surface area contributed by atoms with Crippen LogP contribution in [0.5, 0.6) is 0 Å². The van der Waals surface area contributed by atoms with Gasteiger partial charge in [-0.1, -0.05) is 24.3 Å². The predicted molar refractivity (Wildman–Crippen MR) is 92.2 cm³/mol. The summed E-state index contributed by atoms with van der Waals surface area (Å²) in [6.07, 6.45) is -1.49. The summed E-state index contributed by atoms with van der Waals surface area (Å²) < 4.78 is 17.0. The maximum Gasteiger partial charge on any atom is 0.269 e. The molecule has 0 aliphatic carbocycles. The summed E-state index contributed by atoms with van der Waals surface area (Å²) in [5.41, 5.74) is 1.19. The molecule has 0 radical (unpaired) electrons. The third-order valence-electron chi connectivity index (χ3n) is 4.51. The number of benzene rings is 2. The average Bonchev–Trinajstić information content (AvgIpc) is 3.55. The van der Waals surface area contributed by atoms with Crippen LogP contribution in [-0.4, -0.2) is 35.3 Å². The van der Waals surface area contributed by atoms with E-state index in [0.29, 0.717) is 24.3 Å². The molecule has 0 saturated carbocycles. The lowest BCUT2D eigenvalue weighted by Gasteiger charge is -2.23. The number of rotatable bonds is 8. The number of nitrogens with zero attached hydrogens (tertiary/aromatic N) is 2. The molecule has 2 heterocycles. The maximum atomic E-state index is 11.1. The number of epoxide rings is 2. The first-order valence-corrected chi connectivity index (χ1v) is 8.40. The molecule has 2 aromatic rings. The van der Waals surface area contributed by atoms with Gasteiger partial charge in [-0.15, -0.1) is 0 Å². The highest BCUT2D eigenvalue weighted by atomic mass is 16.6. The minimum Gasteiger partial charge on any atom is -0.370 e. The van der Waals surface area contributed by atoms with Gasteiger partial charge < -0.3 is 14.2 Å². The van der Waals surface area contributed by atoms with Crippen molar-refractivity contribution < 1.29 is 24.1 Å². The first-order chi connectivity index (χ1) is 13.0. The van der Waals surface area contributed by atoms with Gasteiger partial charge in [0.25, 0.3) is 11.4 Å². The highest BCUT2D eigenvalue weighted by molar-refractivity contribution is 5.38. The largest absolute Gasteiger partial charge is 0.370 e. The molecule has 9 nitrogen and oxygen atoms in total. The predicted octanol–water partition coefficient (Wildman–Crippen LogP) is 3.10. The monoisotopic (exact) mass is 372 g/mol. The zero-order valence-electron chi connectivity index (χ0n) is 14.1. The summed E-state index contributed by atoms with van der Waals surface area (Å²) in [4.78, 5) is 21.2. The van der Waals surface area contributed by atoms with Crippen LogP contribution >= 0.6 is 0 Å². The molecule has 9 heteroatoms. The van der Waals surface area contributed by atoms with Crippen molar-refractivity contribution in [3.8, 4) is 0 Å². The number of ether oxygens (including phenoxy) is 3. The maximum absolute atomic E-state index is 11.1. The molecule has 2 aromatic carbocycles. The van der Waals surface area contributed by atoms with Crippen LogP contribution in [0.2, 0.25) is 0 Å². The summed E-state index contributed by atoms with van der Waals surface area (Å²) in [6, 6.07) is 12.4. The van der Waals surface area contributed by atoms with Crippen LogP contribution < -0.4 is 0 Å². The molecular formula is C18H16N2O7. The fraction of sp³-hybridized carbons (Fsp3) is 0.333. The highest BCUT2D eigenvalue weighted by Gasteiger charge is 2.42. The van der Waals surface area contributed by atoms with Crippen LogP contribution in [0.1, 0.15) is 23.3 Å². The van der Waals surface area contributed by atoms with Crippen molar-refractivity contribution in [1.82, 2.24) is 0 Å². The van der Waals surface area contributed by atoms with E-state index in [-0.39, 0.29) is 23.6 Å². The van der Waals surface area contributed by atoms with E-state index in [1.54, 1.807) is 24.3 Å². The number of nitro groups is 2. The average molecular weight is 372 g/mol. The summed E-state index contributed by atoms with van der Waals surface area (Å²) >= 11 is 0. The lowest BCUT2D eigenvalue weighted by Crippen LogP contribution is -2.19. The molecule has 2 aliphatic heterocycles. The van der Waals surface area contributed by atoms with Crippen molar-refractivity contribution in [2.75, 3.05) is 13.2 Å². The fourth-order valence-corrected chi connectivity index (χ4v) is 3.01. The van der Waals surface area contributed by atoms with Gasteiger partial charge in [-0.25, -0.2) is 0 Å². The SMILES string of the molecule is O=[N+]([O-])c1cccc(C(OC(c2cccc([N+](=O)[O-])c2)C2CO2)C2CO2)c1. The minimum atomic E-state index is -0.529. The second-order valence-corrected chi connectivity index (χ2v) is 6.43. The van der Waals surface area contributed by atoms with Crippen LogP contribution in [0.15, 0.2) is 48.5 Å². The van der Waals surface area contributed by atoms with Crippen LogP contribution in [0.3, 0.4) is 0 Å². The summed E-state index contributed by atoms with van der Waals surface area (Å²) in [5, 5.41) is 22.1. The smallest absolute Gasteiger partial charge is 0.269 e. The molecule has 0 bridgehead atoms. The van der Waals surface area contributed by atoms with Crippen LogP contribution in [0.25, 0.3) is 0 Å². The molecular weight excluding hydrogens is 356 g/mol. The molecule has 0 amide bonds. The summed E-state index contributed by atoms with van der Waals surface area (Å²) in [6.45, 7) is 0.973. The zero-order valence-corrected chi connectivity index (χ0v) is 14.1. The second kappa shape index (κ2) is 7.03. The topological polar surface area (TPSA) is 121 Å². The van der Waals surface area contributed by atoms with Gasteiger partial charge in [0, 0.05) is 24.3 Å².